The Bertz CT molecular complexity index is 825. The van der Waals surface area contributed by atoms with Gasteiger partial charge < -0.3 is 10.3 Å². The van der Waals surface area contributed by atoms with Gasteiger partial charge in [0.15, 0.2) is 0 Å². The van der Waals surface area contributed by atoms with Gasteiger partial charge in [0.25, 0.3) is 5.69 Å². The zero-order valence-corrected chi connectivity index (χ0v) is 12.4. The quantitative estimate of drug-likeness (QED) is 0.446. The largest absolute Gasteiger partial charge is 0.399 e. The van der Waals surface area contributed by atoms with Crippen LogP contribution in [0.1, 0.15) is 17.0 Å². The van der Waals surface area contributed by atoms with Crippen molar-refractivity contribution in [3.63, 3.8) is 0 Å². The average Bonchev–Trinajstić information content (AvgIpc) is 2.95. The standard InChI is InChI=1S/C17H16N4O2/c18-15-3-1-2-14(10-15)11-17-19-8-9-20(17)12-13-4-6-16(7-5-13)21(22)23/h1-10H,11-12,18H2. The third-order valence-corrected chi connectivity index (χ3v) is 3.62. The maximum absolute atomic E-state index is 10.7. The lowest BCUT2D eigenvalue weighted by Crippen LogP contribution is -2.05. The number of nitrogens with two attached hydrogens (primary N) is 1. The molecule has 1 aromatic heterocycles. The maximum atomic E-state index is 10.7. The lowest BCUT2D eigenvalue weighted by Gasteiger charge is -2.08. The van der Waals surface area contributed by atoms with E-state index in [1.54, 1.807) is 18.3 Å². The number of aromatic nitrogens is 2. The Hall–Kier alpha value is -3.15. The van der Waals surface area contributed by atoms with Crippen molar-refractivity contribution in [2.45, 2.75) is 13.0 Å². The summed E-state index contributed by atoms with van der Waals surface area (Å²) >= 11 is 0. The van der Waals surface area contributed by atoms with Gasteiger partial charge in [0, 0.05) is 43.2 Å². The van der Waals surface area contributed by atoms with Gasteiger partial charge in [0.2, 0.25) is 0 Å². The molecule has 0 aliphatic rings. The molecule has 2 N–H and O–H groups in total. The molecule has 2 aromatic carbocycles. The van der Waals surface area contributed by atoms with Gasteiger partial charge in [-0.25, -0.2) is 4.98 Å². The molecule has 0 bridgehead atoms. The molecular formula is C17H16N4O2. The summed E-state index contributed by atoms with van der Waals surface area (Å²) < 4.78 is 2.03. The Morgan fingerprint density at radius 2 is 1.91 bits per heavy atom. The fourth-order valence-corrected chi connectivity index (χ4v) is 2.46. The summed E-state index contributed by atoms with van der Waals surface area (Å²) in [6, 6.07) is 14.3. The van der Waals surface area contributed by atoms with Crippen LogP contribution < -0.4 is 5.73 Å². The van der Waals surface area contributed by atoms with Crippen LogP contribution in [-0.2, 0) is 13.0 Å². The van der Waals surface area contributed by atoms with Crippen LogP contribution in [0.3, 0.4) is 0 Å². The van der Waals surface area contributed by atoms with E-state index in [9.17, 15) is 10.1 Å². The third kappa shape index (κ3) is 3.55. The van der Waals surface area contributed by atoms with E-state index in [0.717, 1.165) is 22.6 Å². The highest BCUT2D eigenvalue weighted by atomic mass is 16.6. The number of nitro benzene ring substituents is 1. The molecule has 0 atom stereocenters. The molecule has 0 unspecified atom stereocenters. The average molecular weight is 308 g/mol. The van der Waals surface area contributed by atoms with Crippen molar-refractivity contribution in [1.82, 2.24) is 9.55 Å². The molecule has 23 heavy (non-hydrogen) atoms. The van der Waals surface area contributed by atoms with Crippen LogP contribution in [0.15, 0.2) is 60.9 Å². The molecule has 0 amide bonds. The second kappa shape index (κ2) is 6.31. The second-order valence-electron chi connectivity index (χ2n) is 5.32. The molecule has 116 valence electrons. The first-order valence-electron chi connectivity index (χ1n) is 7.19. The monoisotopic (exact) mass is 308 g/mol. The highest BCUT2D eigenvalue weighted by Gasteiger charge is 2.07. The summed E-state index contributed by atoms with van der Waals surface area (Å²) in [5.41, 5.74) is 8.72. The number of rotatable bonds is 5. The van der Waals surface area contributed by atoms with E-state index in [0.29, 0.717) is 13.0 Å². The van der Waals surface area contributed by atoms with E-state index >= 15 is 0 Å². The number of hydrogen-bond donors (Lipinski definition) is 1. The molecule has 0 radical (unpaired) electrons. The summed E-state index contributed by atoms with van der Waals surface area (Å²) in [6.07, 6.45) is 4.35. The minimum absolute atomic E-state index is 0.0966. The van der Waals surface area contributed by atoms with Gasteiger partial charge in [0.05, 0.1) is 4.92 Å². The normalized spacial score (nSPS) is 10.6. The molecule has 0 saturated heterocycles. The Morgan fingerprint density at radius 1 is 1.13 bits per heavy atom. The first kappa shape index (κ1) is 14.8. The van der Waals surface area contributed by atoms with Crippen molar-refractivity contribution in [3.8, 4) is 0 Å². The van der Waals surface area contributed by atoms with Gasteiger partial charge in [-0.1, -0.05) is 24.3 Å². The third-order valence-electron chi connectivity index (χ3n) is 3.62. The van der Waals surface area contributed by atoms with E-state index in [1.165, 1.54) is 12.1 Å². The zero-order chi connectivity index (χ0) is 16.2. The number of hydrogen-bond acceptors (Lipinski definition) is 4. The van der Waals surface area contributed by atoms with E-state index in [4.69, 9.17) is 5.73 Å². The summed E-state index contributed by atoms with van der Waals surface area (Å²) in [5, 5.41) is 10.7. The molecule has 0 aliphatic heterocycles. The number of imidazole rings is 1. The van der Waals surface area contributed by atoms with Gasteiger partial charge in [-0.3, -0.25) is 10.1 Å². The van der Waals surface area contributed by atoms with Gasteiger partial charge >= 0.3 is 0 Å². The molecule has 3 rings (SSSR count). The maximum Gasteiger partial charge on any atom is 0.269 e. The number of non-ortho nitro benzene ring substituents is 1. The van der Waals surface area contributed by atoms with Crippen LogP contribution in [0.5, 0.6) is 0 Å². The first-order chi connectivity index (χ1) is 11.1. The zero-order valence-electron chi connectivity index (χ0n) is 12.4. The lowest BCUT2D eigenvalue weighted by atomic mass is 10.1. The van der Waals surface area contributed by atoms with Crippen molar-refractivity contribution in [2.24, 2.45) is 0 Å². The summed E-state index contributed by atoms with van der Waals surface area (Å²) in [4.78, 5) is 14.7. The van der Waals surface area contributed by atoms with E-state index in [1.807, 2.05) is 35.0 Å². The number of benzene rings is 2. The van der Waals surface area contributed by atoms with Crippen LogP contribution in [0.4, 0.5) is 11.4 Å². The predicted molar refractivity (Wildman–Crippen MR) is 88.1 cm³/mol. The highest BCUT2D eigenvalue weighted by molar-refractivity contribution is 5.41. The van der Waals surface area contributed by atoms with E-state index in [2.05, 4.69) is 4.98 Å². The first-order valence-corrected chi connectivity index (χ1v) is 7.19. The van der Waals surface area contributed by atoms with E-state index < -0.39 is 4.92 Å². The molecule has 1 heterocycles. The summed E-state index contributed by atoms with van der Waals surface area (Å²) in [7, 11) is 0. The predicted octanol–water partition coefficient (Wildman–Crippen LogP) is 3.01. The van der Waals surface area contributed by atoms with Gasteiger partial charge in [-0.2, -0.15) is 0 Å². The van der Waals surface area contributed by atoms with Crippen LogP contribution in [-0.4, -0.2) is 14.5 Å². The molecule has 0 spiro atoms. The minimum atomic E-state index is -0.397. The van der Waals surface area contributed by atoms with Gasteiger partial charge in [-0.15, -0.1) is 0 Å². The smallest absolute Gasteiger partial charge is 0.269 e. The minimum Gasteiger partial charge on any atom is -0.399 e. The Morgan fingerprint density at radius 3 is 2.61 bits per heavy atom. The Labute approximate surface area is 133 Å². The molecule has 6 nitrogen and oxygen atoms in total. The Balaban J connectivity index is 1.77. The second-order valence-corrected chi connectivity index (χ2v) is 5.32. The van der Waals surface area contributed by atoms with Crippen molar-refractivity contribution >= 4 is 11.4 Å². The summed E-state index contributed by atoms with van der Waals surface area (Å²) in [6.45, 7) is 0.621. The fraction of sp³-hybridized carbons (Fsp3) is 0.118. The molecule has 0 aliphatic carbocycles. The highest BCUT2D eigenvalue weighted by Crippen LogP contribution is 2.15. The van der Waals surface area contributed by atoms with Crippen LogP contribution in [0.2, 0.25) is 0 Å². The van der Waals surface area contributed by atoms with Crippen molar-refractivity contribution in [2.75, 3.05) is 5.73 Å². The Kier molecular flexibility index (Phi) is 4.05. The number of nitrogens with zero attached hydrogens (tertiary/aromatic N) is 3. The fourth-order valence-electron chi connectivity index (χ4n) is 2.46. The van der Waals surface area contributed by atoms with Crippen LogP contribution in [0.25, 0.3) is 0 Å². The van der Waals surface area contributed by atoms with Gasteiger partial charge in [0.1, 0.15) is 5.82 Å². The van der Waals surface area contributed by atoms with E-state index in [-0.39, 0.29) is 5.69 Å². The molecule has 0 saturated carbocycles. The molecule has 6 heteroatoms. The SMILES string of the molecule is Nc1cccc(Cc2nccn2Cc2ccc([N+](=O)[O-])cc2)c1. The summed E-state index contributed by atoms with van der Waals surface area (Å²) in [5.74, 6) is 0.925. The van der Waals surface area contributed by atoms with Crippen LogP contribution >= 0.6 is 0 Å². The van der Waals surface area contributed by atoms with Crippen molar-refractivity contribution < 1.29 is 4.92 Å². The van der Waals surface area contributed by atoms with Crippen molar-refractivity contribution in [1.29, 1.82) is 0 Å². The van der Waals surface area contributed by atoms with Crippen molar-refractivity contribution in [3.05, 3.63) is 88.0 Å². The molecule has 3 aromatic rings. The van der Waals surface area contributed by atoms with Crippen LogP contribution in [0, 0.1) is 10.1 Å². The number of nitrogen functional groups attached to an aromatic ring is 1. The number of anilines is 1. The van der Waals surface area contributed by atoms with Gasteiger partial charge in [-0.05, 0) is 23.3 Å². The number of nitro groups is 1. The topological polar surface area (TPSA) is 87.0 Å². The molecular weight excluding hydrogens is 292 g/mol. The molecule has 0 fully saturated rings. The lowest BCUT2D eigenvalue weighted by molar-refractivity contribution is -0.384.